The summed E-state index contributed by atoms with van der Waals surface area (Å²) in [6.45, 7) is 4.74. The molecule has 1 fully saturated rings. The normalized spacial score (nSPS) is 17.6. The molecule has 1 saturated carbocycles. The zero-order chi connectivity index (χ0) is 10.4. The van der Waals surface area contributed by atoms with Crippen LogP contribution in [0.5, 0.6) is 0 Å². The minimum absolute atomic E-state index is 0.549. The number of thiocarbonyl (C=S) groups is 1. The fourth-order valence-corrected chi connectivity index (χ4v) is 1.60. The summed E-state index contributed by atoms with van der Waals surface area (Å²) in [7, 11) is 1.69. The van der Waals surface area contributed by atoms with Crippen LogP contribution in [0, 0.1) is 5.41 Å². The van der Waals surface area contributed by atoms with Gasteiger partial charge in [0.15, 0.2) is 5.11 Å². The van der Waals surface area contributed by atoms with Crippen LogP contribution in [0.2, 0.25) is 0 Å². The number of ether oxygens (including phenoxy) is 1. The van der Waals surface area contributed by atoms with Gasteiger partial charge in [-0.15, -0.1) is 0 Å². The maximum Gasteiger partial charge on any atom is 0.166 e. The largest absolute Gasteiger partial charge is 0.383 e. The molecule has 2 N–H and O–H groups in total. The van der Waals surface area contributed by atoms with Crippen LogP contribution in [-0.2, 0) is 4.74 Å². The van der Waals surface area contributed by atoms with E-state index in [4.69, 9.17) is 17.0 Å². The highest BCUT2D eigenvalue weighted by molar-refractivity contribution is 7.80. The molecule has 0 spiro atoms. The molecular formula is C10H20N2OS. The number of rotatable bonds is 6. The van der Waals surface area contributed by atoms with Gasteiger partial charge in [-0.1, -0.05) is 6.92 Å². The number of hydrogen-bond donors (Lipinski definition) is 2. The molecule has 3 nitrogen and oxygen atoms in total. The topological polar surface area (TPSA) is 33.3 Å². The van der Waals surface area contributed by atoms with Crippen LogP contribution < -0.4 is 10.6 Å². The van der Waals surface area contributed by atoms with Gasteiger partial charge in [0.1, 0.15) is 0 Å². The van der Waals surface area contributed by atoms with Crippen molar-refractivity contribution in [1.29, 1.82) is 0 Å². The quantitative estimate of drug-likeness (QED) is 0.518. The van der Waals surface area contributed by atoms with E-state index in [1.165, 1.54) is 19.3 Å². The summed E-state index contributed by atoms with van der Waals surface area (Å²) in [5.41, 5.74) is 0.549. The van der Waals surface area contributed by atoms with Crippen LogP contribution in [0.3, 0.4) is 0 Å². The third-order valence-electron chi connectivity index (χ3n) is 2.92. The molecule has 0 radical (unpaired) electrons. The predicted octanol–water partition coefficient (Wildman–Crippen LogP) is 1.29. The van der Waals surface area contributed by atoms with E-state index >= 15 is 0 Å². The first-order chi connectivity index (χ1) is 6.72. The van der Waals surface area contributed by atoms with E-state index in [1.807, 2.05) is 0 Å². The van der Waals surface area contributed by atoms with Gasteiger partial charge in [0.25, 0.3) is 0 Å². The van der Waals surface area contributed by atoms with Crippen LogP contribution >= 0.6 is 12.2 Å². The summed E-state index contributed by atoms with van der Waals surface area (Å²) in [4.78, 5) is 0. The minimum Gasteiger partial charge on any atom is -0.383 e. The Morgan fingerprint density at radius 1 is 1.43 bits per heavy atom. The lowest BCUT2D eigenvalue weighted by molar-refractivity contribution is 0.204. The van der Waals surface area contributed by atoms with Crippen molar-refractivity contribution in [2.75, 3.05) is 26.8 Å². The second kappa shape index (κ2) is 5.51. The Morgan fingerprint density at radius 2 is 2.14 bits per heavy atom. The van der Waals surface area contributed by atoms with Gasteiger partial charge in [0.2, 0.25) is 0 Å². The molecule has 0 amide bonds. The molecule has 1 aliphatic rings. The zero-order valence-electron chi connectivity index (χ0n) is 9.06. The molecule has 0 unspecified atom stereocenters. The first-order valence-electron chi connectivity index (χ1n) is 5.23. The third-order valence-corrected chi connectivity index (χ3v) is 3.21. The Kier molecular flexibility index (Phi) is 4.62. The minimum atomic E-state index is 0.549. The summed E-state index contributed by atoms with van der Waals surface area (Å²) in [5, 5.41) is 7.12. The fraction of sp³-hybridized carbons (Fsp3) is 0.900. The van der Waals surface area contributed by atoms with Crippen LogP contribution in [0.15, 0.2) is 0 Å². The molecule has 14 heavy (non-hydrogen) atoms. The van der Waals surface area contributed by atoms with Gasteiger partial charge in [-0.25, -0.2) is 0 Å². The number of nitrogens with one attached hydrogen (secondary N) is 2. The predicted molar refractivity (Wildman–Crippen MR) is 62.4 cm³/mol. The summed E-state index contributed by atoms with van der Waals surface area (Å²) in [6, 6.07) is 0. The van der Waals surface area contributed by atoms with Gasteiger partial charge in [0, 0.05) is 20.2 Å². The molecule has 4 heteroatoms. The smallest absolute Gasteiger partial charge is 0.166 e. The van der Waals surface area contributed by atoms with Crippen LogP contribution in [0.1, 0.15) is 26.2 Å². The molecular weight excluding hydrogens is 196 g/mol. The van der Waals surface area contributed by atoms with E-state index < -0.39 is 0 Å². The summed E-state index contributed by atoms with van der Waals surface area (Å²) in [6.07, 6.45) is 3.94. The first-order valence-corrected chi connectivity index (χ1v) is 5.64. The molecule has 0 heterocycles. The van der Waals surface area contributed by atoms with E-state index in [0.29, 0.717) is 12.0 Å². The van der Waals surface area contributed by atoms with Gasteiger partial charge in [-0.05, 0) is 36.9 Å². The lowest BCUT2D eigenvalue weighted by Gasteiger charge is -2.15. The maximum absolute atomic E-state index is 5.13. The summed E-state index contributed by atoms with van der Waals surface area (Å²) >= 11 is 5.13. The van der Waals surface area contributed by atoms with Crippen LogP contribution in [0.4, 0.5) is 0 Å². The number of methoxy groups -OCH3 is 1. The molecule has 0 bridgehead atoms. The third kappa shape index (κ3) is 3.80. The molecule has 1 aliphatic carbocycles. The van der Waals surface area contributed by atoms with Crippen molar-refractivity contribution in [3.63, 3.8) is 0 Å². The van der Waals surface area contributed by atoms with Gasteiger partial charge >= 0.3 is 0 Å². The van der Waals surface area contributed by atoms with Crippen molar-refractivity contribution in [2.45, 2.75) is 26.2 Å². The van der Waals surface area contributed by atoms with Gasteiger partial charge in [0.05, 0.1) is 6.61 Å². The van der Waals surface area contributed by atoms with Gasteiger partial charge in [-0.2, -0.15) is 0 Å². The standard InChI is InChI=1S/C10H20N2OS/c1-3-10(4-5-10)8-12-9(14)11-6-7-13-2/h3-8H2,1-2H3,(H2,11,12,14). The second-order valence-electron chi connectivity index (χ2n) is 3.96. The van der Waals surface area contributed by atoms with E-state index in [2.05, 4.69) is 17.6 Å². The average molecular weight is 216 g/mol. The van der Waals surface area contributed by atoms with Crippen molar-refractivity contribution in [2.24, 2.45) is 5.41 Å². The lowest BCUT2D eigenvalue weighted by Crippen LogP contribution is -2.39. The Labute approximate surface area is 91.6 Å². The fourth-order valence-electron chi connectivity index (χ4n) is 1.43. The van der Waals surface area contributed by atoms with Crippen LogP contribution in [-0.4, -0.2) is 31.9 Å². The van der Waals surface area contributed by atoms with E-state index in [-0.39, 0.29) is 0 Å². The zero-order valence-corrected chi connectivity index (χ0v) is 9.88. The Morgan fingerprint density at radius 3 is 2.64 bits per heavy atom. The maximum atomic E-state index is 5.13. The van der Waals surface area contributed by atoms with Gasteiger partial charge in [-0.3, -0.25) is 0 Å². The molecule has 0 saturated heterocycles. The van der Waals surface area contributed by atoms with Crippen molar-refractivity contribution in [3.05, 3.63) is 0 Å². The van der Waals surface area contributed by atoms with Gasteiger partial charge < -0.3 is 15.4 Å². The van der Waals surface area contributed by atoms with Crippen molar-refractivity contribution >= 4 is 17.3 Å². The van der Waals surface area contributed by atoms with E-state index in [0.717, 1.165) is 18.2 Å². The molecule has 82 valence electrons. The van der Waals surface area contributed by atoms with Crippen molar-refractivity contribution in [1.82, 2.24) is 10.6 Å². The summed E-state index contributed by atoms with van der Waals surface area (Å²) in [5.74, 6) is 0. The Bertz CT molecular complexity index is 193. The van der Waals surface area contributed by atoms with Crippen molar-refractivity contribution < 1.29 is 4.74 Å². The second-order valence-corrected chi connectivity index (χ2v) is 4.36. The highest BCUT2D eigenvalue weighted by Crippen LogP contribution is 2.47. The van der Waals surface area contributed by atoms with E-state index in [1.54, 1.807) is 7.11 Å². The molecule has 0 aliphatic heterocycles. The molecule has 0 aromatic carbocycles. The highest BCUT2D eigenvalue weighted by atomic mass is 32.1. The van der Waals surface area contributed by atoms with Crippen molar-refractivity contribution in [3.8, 4) is 0 Å². The number of hydrogen-bond acceptors (Lipinski definition) is 2. The monoisotopic (exact) mass is 216 g/mol. The first kappa shape index (κ1) is 11.7. The SMILES string of the molecule is CCC1(CNC(=S)NCCOC)CC1. The van der Waals surface area contributed by atoms with Crippen LogP contribution in [0.25, 0.3) is 0 Å². The highest BCUT2D eigenvalue weighted by Gasteiger charge is 2.40. The lowest BCUT2D eigenvalue weighted by atomic mass is 10.0. The molecule has 0 aromatic heterocycles. The Balaban J connectivity index is 2.03. The average Bonchev–Trinajstić information content (AvgIpc) is 2.96. The molecule has 1 rings (SSSR count). The molecule has 0 aromatic rings. The summed E-state index contributed by atoms with van der Waals surface area (Å²) < 4.78 is 4.92. The Hall–Kier alpha value is -0.350. The van der Waals surface area contributed by atoms with E-state index in [9.17, 15) is 0 Å². The molecule has 0 atom stereocenters.